The fourth-order valence-corrected chi connectivity index (χ4v) is 11.1. The van der Waals surface area contributed by atoms with Crippen molar-refractivity contribution in [3.05, 3.63) is 279 Å². The molecule has 354 valence electrons. The predicted molar refractivity (Wildman–Crippen MR) is 313 cm³/mol. The molecule has 0 aliphatic carbocycles. The molecule has 0 atom stereocenters. The summed E-state index contributed by atoms with van der Waals surface area (Å²) in [5, 5.41) is 16.0. The van der Waals surface area contributed by atoms with Crippen LogP contribution in [0.5, 0.6) is 0 Å². The first kappa shape index (κ1) is 44.3. The molecule has 0 amide bonds. The van der Waals surface area contributed by atoms with Gasteiger partial charge in [-0.25, -0.2) is 9.97 Å². The molecule has 11 aromatic carbocycles. The standard InChI is InChI=1S/C71H45N5/c72-46-57-43-70(76-67-37-33-55(49-23-11-3-12-24-49)41-60(67)61-42-56(34-38-68(61)76)50-25-13-4-14-26-50)62(71-73-63(51-27-15-5-16-28-51)45-64(74-71)52-29-17-6-18-30-52)44-69(57)75-65-35-31-53(47-19-7-1-8-20-47)39-58(65)59-40-54(32-36-66(59)75)48-21-9-2-10-22-48/h1-45H. The van der Waals surface area contributed by atoms with Crippen LogP contribution in [0.1, 0.15) is 5.56 Å². The molecule has 0 unspecified atom stereocenters. The minimum Gasteiger partial charge on any atom is -0.308 e. The van der Waals surface area contributed by atoms with Gasteiger partial charge in [0.15, 0.2) is 5.82 Å². The van der Waals surface area contributed by atoms with Crippen molar-refractivity contribution in [3.8, 4) is 95.9 Å². The molecular weight excluding hydrogens is 923 g/mol. The fourth-order valence-electron chi connectivity index (χ4n) is 11.1. The molecule has 0 saturated carbocycles. The molecular formula is C71H45N5. The number of fused-ring (bicyclic) bond motifs is 6. The second kappa shape index (κ2) is 18.6. The summed E-state index contributed by atoms with van der Waals surface area (Å²) in [4.78, 5) is 11.0. The van der Waals surface area contributed by atoms with E-state index in [1.807, 2.05) is 36.4 Å². The van der Waals surface area contributed by atoms with Crippen LogP contribution in [0.15, 0.2) is 273 Å². The Labute approximate surface area is 440 Å². The average molecular weight is 968 g/mol. The Morgan fingerprint density at radius 1 is 0.276 bits per heavy atom. The van der Waals surface area contributed by atoms with Gasteiger partial charge in [-0.1, -0.05) is 206 Å². The first-order valence-corrected chi connectivity index (χ1v) is 25.6. The van der Waals surface area contributed by atoms with Crippen LogP contribution in [0, 0.1) is 11.3 Å². The first-order valence-electron chi connectivity index (χ1n) is 25.6. The van der Waals surface area contributed by atoms with Crippen molar-refractivity contribution < 1.29 is 0 Å². The Hall–Kier alpha value is -10.4. The highest BCUT2D eigenvalue weighted by Crippen LogP contribution is 2.44. The Morgan fingerprint density at radius 3 is 0.895 bits per heavy atom. The minimum absolute atomic E-state index is 0.510. The molecule has 76 heavy (non-hydrogen) atoms. The lowest BCUT2D eigenvalue weighted by Gasteiger charge is -2.19. The molecule has 0 saturated heterocycles. The van der Waals surface area contributed by atoms with Crippen molar-refractivity contribution in [1.82, 2.24) is 19.1 Å². The lowest BCUT2D eigenvalue weighted by molar-refractivity contribution is 1.11. The maximum atomic E-state index is 11.7. The number of nitriles is 1. The van der Waals surface area contributed by atoms with Crippen LogP contribution in [0.3, 0.4) is 0 Å². The Kier molecular flexibility index (Phi) is 10.8. The third-order valence-corrected chi connectivity index (χ3v) is 14.8. The van der Waals surface area contributed by atoms with Crippen molar-refractivity contribution in [2.24, 2.45) is 0 Å². The molecule has 5 nitrogen and oxygen atoms in total. The van der Waals surface area contributed by atoms with Crippen molar-refractivity contribution in [2.75, 3.05) is 0 Å². The van der Waals surface area contributed by atoms with Gasteiger partial charge in [-0.2, -0.15) is 5.26 Å². The monoisotopic (exact) mass is 967 g/mol. The predicted octanol–water partition coefficient (Wildman–Crippen LogP) is 18.2. The van der Waals surface area contributed by atoms with Gasteiger partial charge in [-0.15, -0.1) is 0 Å². The van der Waals surface area contributed by atoms with Gasteiger partial charge >= 0.3 is 0 Å². The summed E-state index contributed by atoms with van der Waals surface area (Å²) in [7, 11) is 0. The summed E-state index contributed by atoms with van der Waals surface area (Å²) in [6.07, 6.45) is 0. The van der Waals surface area contributed by atoms with E-state index in [1.54, 1.807) is 0 Å². The topological polar surface area (TPSA) is 59.4 Å². The van der Waals surface area contributed by atoms with E-state index in [-0.39, 0.29) is 0 Å². The van der Waals surface area contributed by atoms with Gasteiger partial charge in [0, 0.05) is 38.2 Å². The summed E-state index contributed by atoms with van der Waals surface area (Å²) < 4.78 is 4.59. The van der Waals surface area contributed by atoms with Gasteiger partial charge in [0.05, 0.1) is 50.4 Å². The number of hydrogen-bond acceptors (Lipinski definition) is 3. The highest BCUT2D eigenvalue weighted by molar-refractivity contribution is 6.14. The van der Waals surface area contributed by atoms with E-state index in [1.165, 1.54) is 0 Å². The number of hydrogen-bond donors (Lipinski definition) is 0. The van der Waals surface area contributed by atoms with E-state index < -0.39 is 0 Å². The molecule has 0 aliphatic heterocycles. The quantitative estimate of drug-likeness (QED) is 0.145. The van der Waals surface area contributed by atoms with Crippen molar-refractivity contribution in [3.63, 3.8) is 0 Å². The van der Waals surface area contributed by atoms with E-state index in [9.17, 15) is 5.26 Å². The van der Waals surface area contributed by atoms with Crippen LogP contribution in [0.2, 0.25) is 0 Å². The molecule has 0 bridgehead atoms. The molecule has 5 heteroatoms. The van der Waals surface area contributed by atoms with Crippen LogP contribution in [0.4, 0.5) is 0 Å². The van der Waals surface area contributed by atoms with Crippen LogP contribution >= 0.6 is 0 Å². The molecule has 0 radical (unpaired) electrons. The molecule has 0 fully saturated rings. The summed E-state index contributed by atoms with van der Waals surface area (Å²) in [6, 6.07) is 98.7. The third kappa shape index (κ3) is 7.72. The van der Waals surface area contributed by atoms with Crippen molar-refractivity contribution in [1.29, 1.82) is 5.26 Å². The van der Waals surface area contributed by atoms with E-state index in [4.69, 9.17) is 9.97 Å². The molecule has 0 N–H and O–H groups in total. The van der Waals surface area contributed by atoms with Gasteiger partial charge in [0.2, 0.25) is 0 Å². The number of aromatic nitrogens is 4. The average Bonchev–Trinajstić information content (AvgIpc) is 4.13. The Bertz CT molecular complexity index is 4290. The van der Waals surface area contributed by atoms with Crippen LogP contribution in [0.25, 0.3) is 133 Å². The number of rotatable bonds is 9. The third-order valence-electron chi connectivity index (χ3n) is 14.8. The molecule has 14 aromatic rings. The largest absolute Gasteiger partial charge is 0.308 e. The van der Waals surface area contributed by atoms with E-state index in [2.05, 4.69) is 252 Å². The molecule has 0 aliphatic rings. The van der Waals surface area contributed by atoms with Gasteiger partial charge in [0.25, 0.3) is 0 Å². The van der Waals surface area contributed by atoms with Gasteiger partial charge in [0.1, 0.15) is 6.07 Å². The summed E-state index contributed by atoms with van der Waals surface area (Å²) in [5.41, 5.74) is 19.3. The fraction of sp³-hybridized carbons (Fsp3) is 0. The van der Waals surface area contributed by atoms with E-state index in [0.717, 1.165) is 128 Å². The highest BCUT2D eigenvalue weighted by atomic mass is 15.0. The lowest BCUT2D eigenvalue weighted by atomic mass is 10.0. The van der Waals surface area contributed by atoms with Crippen LogP contribution in [-0.4, -0.2) is 19.1 Å². The lowest BCUT2D eigenvalue weighted by Crippen LogP contribution is -2.06. The first-order chi connectivity index (χ1) is 37.6. The number of nitrogens with zero attached hydrogens (tertiary/aromatic N) is 5. The van der Waals surface area contributed by atoms with Gasteiger partial charge in [-0.05, 0) is 111 Å². The zero-order valence-corrected chi connectivity index (χ0v) is 41.2. The summed E-state index contributed by atoms with van der Waals surface area (Å²) >= 11 is 0. The maximum Gasteiger partial charge on any atom is 0.162 e. The van der Waals surface area contributed by atoms with Crippen molar-refractivity contribution in [2.45, 2.75) is 0 Å². The number of benzene rings is 11. The van der Waals surface area contributed by atoms with Gasteiger partial charge < -0.3 is 9.13 Å². The van der Waals surface area contributed by atoms with Crippen LogP contribution < -0.4 is 0 Å². The normalized spacial score (nSPS) is 11.4. The Morgan fingerprint density at radius 2 is 0.579 bits per heavy atom. The van der Waals surface area contributed by atoms with Crippen LogP contribution in [-0.2, 0) is 0 Å². The molecule has 3 aromatic heterocycles. The van der Waals surface area contributed by atoms with E-state index >= 15 is 0 Å². The van der Waals surface area contributed by atoms with Gasteiger partial charge in [-0.3, -0.25) is 0 Å². The molecule has 0 spiro atoms. The van der Waals surface area contributed by atoms with Crippen molar-refractivity contribution >= 4 is 43.6 Å². The molecule has 14 rings (SSSR count). The highest BCUT2D eigenvalue weighted by Gasteiger charge is 2.25. The smallest absolute Gasteiger partial charge is 0.162 e. The molecule has 3 heterocycles. The second-order valence-electron chi connectivity index (χ2n) is 19.3. The Balaban J connectivity index is 1.10. The minimum atomic E-state index is 0.510. The summed E-state index contributed by atoms with van der Waals surface area (Å²) in [5.74, 6) is 0.538. The maximum absolute atomic E-state index is 11.7. The van der Waals surface area contributed by atoms with E-state index in [0.29, 0.717) is 11.4 Å². The SMILES string of the molecule is N#Cc1cc(-n2c3ccc(-c4ccccc4)cc3c3cc(-c4ccccc4)ccc32)c(-c2nc(-c3ccccc3)cc(-c3ccccc3)n2)cc1-n1c2ccc(-c3ccccc3)cc2c2cc(-c3ccccc3)ccc21. The second-order valence-corrected chi connectivity index (χ2v) is 19.3. The zero-order valence-electron chi connectivity index (χ0n) is 41.2. The zero-order chi connectivity index (χ0) is 50.5. The summed E-state index contributed by atoms with van der Waals surface area (Å²) in [6.45, 7) is 0.